The molecule has 0 N–H and O–H groups in total. The molecule has 0 unspecified atom stereocenters. The second-order valence-corrected chi connectivity index (χ2v) is 10.4. The van der Waals surface area contributed by atoms with Crippen molar-refractivity contribution in [2.75, 3.05) is 19.5 Å². The first-order valence-corrected chi connectivity index (χ1v) is 10.1. The molecule has 0 amide bonds. The minimum atomic E-state index is -0.713. The van der Waals surface area contributed by atoms with Crippen molar-refractivity contribution in [2.24, 2.45) is 0 Å². The molecule has 0 bridgehead atoms. The van der Waals surface area contributed by atoms with Crippen LogP contribution in [0.15, 0.2) is 30.3 Å². The van der Waals surface area contributed by atoms with Gasteiger partial charge in [-0.1, -0.05) is 56.5 Å². The summed E-state index contributed by atoms with van der Waals surface area (Å²) in [6.45, 7) is 7.31. The topological polar surface area (TPSA) is 0 Å². The Morgan fingerprint density at radius 1 is 0.882 bits per heavy atom. The molecule has 0 fully saturated rings. The maximum atomic E-state index is 2.51. The Hall–Kier alpha value is -0.350. The van der Waals surface area contributed by atoms with Gasteiger partial charge in [0, 0.05) is 20.6 Å². The van der Waals surface area contributed by atoms with Crippen LogP contribution in [-0.4, -0.2) is 19.5 Å². The van der Waals surface area contributed by atoms with Gasteiger partial charge in [-0.15, -0.1) is 0 Å². The van der Waals surface area contributed by atoms with Crippen molar-refractivity contribution in [1.29, 1.82) is 0 Å². The lowest BCUT2D eigenvalue weighted by Crippen LogP contribution is -1.99. The quantitative estimate of drug-likeness (QED) is 0.426. The minimum Gasteiger partial charge on any atom is -0.0654 e. The largest absolute Gasteiger partial charge is 0.0837 e. The molecule has 17 heavy (non-hydrogen) atoms. The van der Waals surface area contributed by atoms with Crippen LogP contribution in [0.3, 0.4) is 0 Å². The van der Waals surface area contributed by atoms with E-state index in [0.717, 1.165) is 0 Å². The number of rotatable bonds is 8. The van der Waals surface area contributed by atoms with Crippen LogP contribution in [0.1, 0.15) is 44.6 Å². The van der Waals surface area contributed by atoms with Gasteiger partial charge >= 0.3 is 0 Å². The van der Waals surface area contributed by atoms with Crippen molar-refractivity contribution in [3.63, 3.8) is 0 Å². The van der Waals surface area contributed by atoms with Crippen LogP contribution in [-0.2, 0) is 6.16 Å². The van der Waals surface area contributed by atoms with E-state index in [1.807, 2.05) is 0 Å². The maximum absolute atomic E-state index is 2.51. The zero-order valence-corrected chi connectivity index (χ0v) is 12.7. The van der Waals surface area contributed by atoms with Gasteiger partial charge in [-0.25, -0.2) is 0 Å². The van der Waals surface area contributed by atoms with E-state index in [0.29, 0.717) is 0 Å². The first kappa shape index (κ1) is 14.7. The van der Waals surface area contributed by atoms with E-state index in [1.165, 1.54) is 50.0 Å². The SMILES string of the molecule is CCCCCCC[P+](C)(C)Cc1ccccc1. The van der Waals surface area contributed by atoms with Crippen molar-refractivity contribution >= 4 is 7.26 Å². The Labute approximate surface area is 108 Å². The standard InChI is InChI=1S/C16H28P/c1-4-5-6-7-11-14-17(2,3)15-16-12-9-8-10-13-16/h8-10,12-13H,4-7,11,14-15H2,1-3H3/q+1. The van der Waals surface area contributed by atoms with Crippen molar-refractivity contribution in [2.45, 2.75) is 45.2 Å². The molecule has 1 aromatic carbocycles. The van der Waals surface area contributed by atoms with Crippen LogP contribution in [0.4, 0.5) is 0 Å². The molecule has 0 spiro atoms. The average Bonchev–Trinajstić information content (AvgIpc) is 2.29. The van der Waals surface area contributed by atoms with Crippen LogP contribution < -0.4 is 0 Å². The first-order chi connectivity index (χ1) is 8.14. The summed E-state index contributed by atoms with van der Waals surface area (Å²) in [7, 11) is -0.713. The van der Waals surface area contributed by atoms with E-state index in [1.54, 1.807) is 0 Å². The number of hydrogen-bond acceptors (Lipinski definition) is 0. The van der Waals surface area contributed by atoms with E-state index in [4.69, 9.17) is 0 Å². The highest BCUT2D eigenvalue weighted by molar-refractivity contribution is 7.73. The molecule has 1 heteroatoms. The van der Waals surface area contributed by atoms with Crippen LogP contribution in [0.2, 0.25) is 0 Å². The summed E-state index contributed by atoms with van der Waals surface area (Å²) in [6.07, 6.45) is 9.86. The summed E-state index contributed by atoms with van der Waals surface area (Å²) in [5, 5.41) is 0. The molecule has 0 saturated heterocycles. The van der Waals surface area contributed by atoms with Gasteiger partial charge in [-0.3, -0.25) is 0 Å². The van der Waals surface area contributed by atoms with E-state index >= 15 is 0 Å². The summed E-state index contributed by atoms with van der Waals surface area (Å²) < 4.78 is 0. The van der Waals surface area contributed by atoms with Crippen LogP contribution in [0, 0.1) is 0 Å². The van der Waals surface area contributed by atoms with Gasteiger partial charge in [-0.2, -0.15) is 0 Å². The molecule has 0 aliphatic heterocycles. The first-order valence-electron chi connectivity index (χ1n) is 7.00. The molecule has 1 aromatic rings. The fourth-order valence-electron chi connectivity index (χ4n) is 2.30. The number of hydrogen-bond donors (Lipinski definition) is 0. The highest BCUT2D eigenvalue weighted by atomic mass is 31.2. The van der Waals surface area contributed by atoms with E-state index in [2.05, 4.69) is 50.6 Å². The summed E-state index contributed by atoms with van der Waals surface area (Å²) in [6, 6.07) is 11.0. The fraction of sp³-hybridized carbons (Fsp3) is 0.625. The van der Waals surface area contributed by atoms with Gasteiger partial charge in [-0.05, 0) is 18.4 Å². The Morgan fingerprint density at radius 3 is 2.18 bits per heavy atom. The second kappa shape index (κ2) is 7.88. The molecule has 0 aromatic heterocycles. The van der Waals surface area contributed by atoms with Gasteiger partial charge in [0.2, 0.25) is 0 Å². The molecule has 0 aliphatic carbocycles. The highest BCUT2D eigenvalue weighted by Gasteiger charge is 2.24. The van der Waals surface area contributed by atoms with Gasteiger partial charge in [0.05, 0.1) is 12.3 Å². The molecule has 0 heterocycles. The van der Waals surface area contributed by atoms with E-state index in [-0.39, 0.29) is 0 Å². The van der Waals surface area contributed by atoms with Crippen LogP contribution >= 0.6 is 7.26 Å². The Balaban J connectivity index is 2.26. The van der Waals surface area contributed by atoms with Crippen LogP contribution in [0.5, 0.6) is 0 Å². The predicted octanol–water partition coefficient (Wildman–Crippen LogP) is 5.43. The molecule has 0 radical (unpaired) electrons. The summed E-state index contributed by atoms with van der Waals surface area (Å²) >= 11 is 0. The maximum Gasteiger partial charge on any atom is 0.0837 e. The van der Waals surface area contributed by atoms with Crippen molar-refractivity contribution in [1.82, 2.24) is 0 Å². The molecule has 96 valence electrons. The number of benzene rings is 1. The normalized spacial score (nSPS) is 11.7. The average molecular weight is 251 g/mol. The van der Waals surface area contributed by atoms with Gasteiger partial charge in [0.15, 0.2) is 0 Å². The fourth-order valence-corrected chi connectivity index (χ4v) is 4.74. The zero-order chi connectivity index (χ0) is 12.6. The molecule has 0 aliphatic rings. The monoisotopic (exact) mass is 251 g/mol. The predicted molar refractivity (Wildman–Crippen MR) is 82.5 cm³/mol. The van der Waals surface area contributed by atoms with Gasteiger partial charge in [0.25, 0.3) is 0 Å². The summed E-state index contributed by atoms with van der Waals surface area (Å²) in [4.78, 5) is 0. The molecule has 1 rings (SSSR count). The highest BCUT2D eigenvalue weighted by Crippen LogP contribution is 2.54. The van der Waals surface area contributed by atoms with E-state index in [9.17, 15) is 0 Å². The molecule has 0 atom stereocenters. The van der Waals surface area contributed by atoms with Gasteiger partial charge in [0.1, 0.15) is 0 Å². The molecular weight excluding hydrogens is 223 g/mol. The van der Waals surface area contributed by atoms with E-state index < -0.39 is 7.26 Å². The molecule has 0 saturated carbocycles. The summed E-state index contributed by atoms with van der Waals surface area (Å²) in [5.41, 5.74) is 1.53. The zero-order valence-electron chi connectivity index (χ0n) is 11.8. The Bertz CT molecular complexity index is 290. The van der Waals surface area contributed by atoms with Crippen LogP contribution in [0.25, 0.3) is 0 Å². The Kier molecular flexibility index (Phi) is 6.82. The lowest BCUT2D eigenvalue weighted by molar-refractivity contribution is 0.657. The number of unbranched alkanes of at least 4 members (excludes halogenated alkanes) is 4. The van der Waals surface area contributed by atoms with Crippen molar-refractivity contribution < 1.29 is 0 Å². The van der Waals surface area contributed by atoms with Crippen molar-refractivity contribution in [3.8, 4) is 0 Å². The minimum absolute atomic E-state index is 0.713. The van der Waals surface area contributed by atoms with Gasteiger partial charge < -0.3 is 0 Å². The lowest BCUT2D eigenvalue weighted by Gasteiger charge is -2.18. The Morgan fingerprint density at radius 2 is 1.53 bits per heavy atom. The molecular formula is C16H28P+. The molecule has 0 nitrogen and oxygen atoms in total. The van der Waals surface area contributed by atoms with Crippen molar-refractivity contribution in [3.05, 3.63) is 35.9 Å². The second-order valence-electron chi connectivity index (χ2n) is 5.72. The summed E-state index contributed by atoms with van der Waals surface area (Å²) in [5.74, 6) is 0. The smallest absolute Gasteiger partial charge is 0.0654 e. The third-order valence-electron chi connectivity index (χ3n) is 3.32. The third-order valence-corrected chi connectivity index (χ3v) is 6.07. The third kappa shape index (κ3) is 6.84. The lowest BCUT2D eigenvalue weighted by atomic mass is 10.2.